The lowest BCUT2D eigenvalue weighted by Crippen LogP contribution is -2.54. The Kier molecular flexibility index (Phi) is 4.83. The normalized spacial score (nSPS) is 37.4. The van der Waals surface area contributed by atoms with Crippen LogP contribution in [-0.2, 0) is 4.74 Å². The van der Waals surface area contributed by atoms with Crippen LogP contribution < -0.4 is 5.32 Å². The van der Waals surface area contributed by atoms with Gasteiger partial charge in [0, 0.05) is 24.7 Å². The van der Waals surface area contributed by atoms with Crippen molar-refractivity contribution in [2.24, 2.45) is 0 Å². The average molecular weight is 240 g/mol. The minimum absolute atomic E-state index is 0.299. The molecule has 0 saturated carbocycles. The third-order valence-electron chi connectivity index (χ3n) is 4.46. The van der Waals surface area contributed by atoms with Crippen LogP contribution in [0.15, 0.2) is 0 Å². The van der Waals surface area contributed by atoms with Crippen molar-refractivity contribution >= 4 is 0 Å². The highest BCUT2D eigenvalue weighted by molar-refractivity contribution is 4.90. The number of hydrogen-bond donors (Lipinski definition) is 1. The fraction of sp³-hybridized carbons (Fsp3) is 1.00. The summed E-state index contributed by atoms with van der Waals surface area (Å²) in [7, 11) is 0. The molecule has 2 heterocycles. The molecule has 0 aromatic carbocycles. The molecule has 0 spiro atoms. The van der Waals surface area contributed by atoms with Gasteiger partial charge in [-0.05, 0) is 52.1 Å². The van der Waals surface area contributed by atoms with Gasteiger partial charge >= 0.3 is 0 Å². The van der Waals surface area contributed by atoms with Gasteiger partial charge in [0.2, 0.25) is 0 Å². The first-order valence-electron chi connectivity index (χ1n) is 7.31. The van der Waals surface area contributed by atoms with Crippen LogP contribution >= 0.6 is 0 Å². The fourth-order valence-electron chi connectivity index (χ4n) is 3.16. The Morgan fingerprint density at radius 1 is 1.35 bits per heavy atom. The van der Waals surface area contributed by atoms with Gasteiger partial charge in [0.1, 0.15) is 0 Å². The van der Waals surface area contributed by atoms with Crippen molar-refractivity contribution in [3.63, 3.8) is 0 Å². The summed E-state index contributed by atoms with van der Waals surface area (Å²) in [5.74, 6) is 0. The molecule has 0 aromatic heterocycles. The summed E-state index contributed by atoms with van der Waals surface area (Å²) < 4.78 is 5.71. The molecule has 0 radical (unpaired) electrons. The van der Waals surface area contributed by atoms with Crippen molar-refractivity contribution in [2.45, 2.75) is 57.5 Å². The molecular formula is C14H28N2O. The lowest BCUT2D eigenvalue weighted by Gasteiger charge is -2.45. The molecule has 2 rings (SSSR count). The molecule has 3 heteroatoms. The van der Waals surface area contributed by atoms with Crippen LogP contribution in [0.5, 0.6) is 0 Å². The molecule has 17 heavy (non-hydrogen) atoms. The maximum Gasteiger partial charge on any atom is 0.0647 e. The van der Waals surface area contributed by atoms with Gasteiger partial charge in [-0.25, -0.2) is 0 Å². The smallest absolute Gasteiger partial charge is 0.0647 e. The van der Waals surface area contributed by atoms with Crippen LogP contribution in [0.2, 0.25) is 0 Å². The van der Waals surface area contributed by atoms with E-state index in [4.69, 9.17) is 4.74 Å². The van der Waals surface area contributed by atoms with E-state index in [1.807, 2.05) is 0 Å². The summed E-state index contributed by atoms with van der Waals surface area (Å²) in [6, 6.07) is 0.714. The molecule has 0 aliphatic carbocycles. The Morgan fingerprint density at radius 3 is 2.94 bits per heavy atom. The Hall–Kier alpha value is -0.120. The van der Waals surface area contributed by atoms with E-state index >= 15 is 0 Å². The van der Waals surface area contributed by atoms with Crippen LogP contribution in [0.1, 0.15) is 46.0 Å². The summed E-state index contributed by atoms with van der Waals surface area (Å²) in [5.41, 5.74) is 0.299. The number of rotatable bonds is 2. The SMILES string of the molecule is CCC1CCN(C2(C)CCCOC2)CCCN1. The maximum absolute atomic E-state index is 5.71. The van der Waals surface area contributed by atoms with Gasteiger partial charge < -0.3 is 10.1 Å². The van der Waals surface area contributed by atoms with Crippen molar-refractivity contribution in [3.8, 4) is 0 Å². The fourth-order valence-corrected chi connectivity index (χ4v) is 3.16. The second-order valence-corrected chi connectivity index (χ2v) is 5.84. The van der Waals surface area contributed by atoms with Crippen LogP contribution in [0.25, 0.3) is 0 Å². The van der Waals surface area contributed by atoms with Gasteiger partial charge in [-0.15, -0.1) is 0 Å². The first-order valence-corrected chi connectivity index (χ1v) is 7.31. The minimum Gasteiger partial charge on any atom is -0.380 e. The zero-order valence-corrected chi connectivity index (χ0v) is 11.5. The quantitative estimate of drug-likeness (QED) is 0.799. The van der Waals surface area contributed by atoms with Gasteiger partial charge in [0.15, 0.2) is 0 Å². The molecule has 100 valence electrons. The van der Waals surface area contributed by atoms with Gasteiger partial charge in [-0.1, -0.05) is 6.92 Å². The monoisotopic (exact) mass is 240 g/mol. The zero-order chi connectivity index (χ0) is 12.1. The second-order valence-electron chi connectivity index (χ2n) is 5.84. The van der Waals surface area contributed by atoms with E-state index in [-0.39, 0.29) is 0 Å². The topological polar surface area (TPSA) is 24.5 Å². The van der Waals surface area contributed by atoms with E-state index in [1.165, 1.54) is 51.7 Å². The van der Waals surface area contributed by atoms with Crippen molar-refractivity contribution < 1.29 is 4.74 Å². The highest BCUT2D eigenvalue weighted by Gasteiger charge is 2.34. The van der Waals surface area contributed by atoms with E-state index in [2.05, 4.69) is 24.1 Å². The Bertz CT molecular complexity index is 226. The standard InChI is InChI=1S/C14H28N2O/c1-3-13-6-10-16(9-5-8-15-13)14(2)7-4-11-17-12-14/h13,15H,3-12H2,1-2H3. The summed E-state index contributed by atoms with van der Waals surface area (Å²) >= 11 is 0. The first kappa shape index (κ1) is 13.3. The second kappa shape index (κ2) is 6.17. The van der Waals surface area contributed by atoms with E-state index in [1.54, 1.807) is 0 Å². The van der Waals surface area contributed by atoms with E-state index < -0.39 is 0 Å². The Balaban J connectivity index is 1.93. The summed E-state index contributed by atoms with van der Waals surface area (Å²) in [5, 5.41) is 3.65. The summed E-state index contributed by atoms with van der Waals surface area (Å²) in [6.45, 7) is 10.2. The van der Waals surface area contributed by atoms with Crippen LogP contribution in [0.4, 0.5) is 0 Å². The average Bonchev–Trinajstić information content (AvgIpc) is 2.29. The van der Waals surface area contributed by atoms with E-state index in [0.29, 0.717) is 11.6 Å². The third kappa shape index (κ3) is 3.43. The van der Waals surface area contributed by atoms with Crippen molar-refractivity contribution in [3.05, 3.63) is 0 Å². The van der Waals surface area contributed by atoms with Crippen LogP contribution in [-0.4, -0.2) is 49.3 Å². The molecule has 0 bridgehead atoms. The van der Waals surface area contributed by atoms with E-state index in [9.17, 15) is 0 Å². The molecule has 2 saturated heterocycles. The minimum atomic E-state index is 0.299. The number of nitrogens with one attached hydrogen (secondary N) is 1. The molecule has 2 aliphatic rings. The van der Waals surface area contributed by atoms with Gasteiger partial charge in [-0.3, -0.25) is 4.90 Å². The van der Waals surface area contributed by atoms with Crippen LogP contribution in [0.3, 0.4) is 0 Å². The lowest BCUT2D eigenvalue weighted by atomic mass is 9.91. The lowest BCUT2D eigenvalue weighted by molar-refractivity contribution is -0.0431. The number of ether oxygens (including phenoxy) is 1. The van der Waals surface area contributed by atoms with Crippen molar-refractivity contribution in [1.82, 2.24) is 10.2 Å². The zero-order valence-electron chi connectivity index (χ0n) is 11.5. The van der Waals surface area contributed by atoms with E-state index in [0.717, 1.165) is 13.2 Å². The highest BCUT2D eigenvalue weighted by Crippen LogP contribution is 2.27. The van der Waals surface area contributed by atoms with Crippen molar-refractivity contribution in [1.29, 1.82) is 0 Å². The highest BCUT2D eigenvalue weighted by atomic mass is 16.5. The molecule has 0 aromatic rings. The molecule has 2 unspecified atom stereocenters. The Labute approximate surface area is 106 Å². The molecular weight excluding hydrogens is 212 g/mol. The first-order chi connectivity index (χ1) is 8.24. The third-order valence-corrected chi connectivity index (χ3v) is 4.46. The van der Waals surface area contributed by atoms with Gasteiger partial charge in [0.05, 0.1) is 6.61 Å². The van der Waals surface area contributed by atoms with Gasteiger partial charge in [-0.2, -0.15) is 0 Å². The van der Waals surface area contributed by atoms with Gasteiger partial charge in [0.25, 0.3) is 0 Å². The molecule has 3 nitrogen and oxygen atoms in total. The molecule has 0 amide bonds. The molecule has 2 fully saturated rings. The van der Waals surface area contributed by atoms with Crippen molar-refractivity contribution in [2.75, 3.05) is 32.8 Å². The summed E-state index contributed by atoms with van der Waals surface area (Å²) in [6.07, 6.45) is 6.33. The Morgan fingerprint density at radius 2 is 2.24 bits per heavy atom. The molecule has 2 atom stereocenters. The molecule has 2 aliphatic heterocycles. The largest absolute Gasteiger partial charge is 0.380 e. The number of hydrogen-bond acceptors (Lipinski definition) is 3. The summed E-state index contributed by atoms with van der Waals surface area (Å²) in [4.78, 5) is 2.69. The van der Waals surface area contributed by atoms with Crippen LogP contribution in [0, 0.1) is 0 Å². The maximum atomic E-state index is 5.71. The molecule has 1 N–H and O–H groups in total. The predicted octanol–water partition coefficient (Wildman–Crippen LogP) is 2.02. The predicted molar refractivity (Wildman–Crippen MR) is 71.3 cm³/mol. The number of nitrogens with zero attached hydrogens (tertiary/aromatic N) is 1.